The van der Waals surface area contributed by atoms with E-state index in [4.69, 9.17) is 0 Å². The Morgan fingerprint density at radius 3 is 2.68 bits per heavy atom. The van der Waals surface area contributed by atoms with Gasteiger partial charge >= 0.3 is 0 Å². The van der Waals surface area contributed by atoms with E-state index in [1.807, 2.05) is 13.1 Å². The van der Waals surface area contributed by atoms with Gasteiger partial charge < -0.3 is 5.32 Å². The summed E-state index contributed by atoms with van der Waals surface area (Å²) in [6.45, 7) is 4.70. The molecule has 0 unspecified atom stereocenters. The number of rotatable bonds is 6. The lowest BCUT2D eigenvalue weighted by atomic mass is 9.96. The fraction of sp³-hybridized carbons (Fsp3) is 0.227. The number of H-pyrrole nitrogens is 1. The topological polar surface area (TPSA) is 70.7 Å². The predicted molar refractivity (Wildman–Crippen MR) is 114 cm³/mol. The highest BCUT2D eigenvalue weighted by molar-refractivity contribution is 7.13. The summed E-state index contributed by atoms with van der Waals surface area (Å²) in [5, 5.41) is 12.2. The van der Waals surface area contributed by atoms with Crippen LogP contribution in [-0.2, 0) is 6.42 Å². The largest absolute Gasteiger partial charge is 0.351 e. The minimum Gasteiger partial charge on any atom is -0.351 e. The Labute approximate surface area is 167 Å². The molecule has 0 saturated carbocycles. The van der Waals surface area contributed by atoms with Crippen LogP contribution >= 0.6 is 11.3 Å². The molecule has 0 radical (unpaired) electrons. The molecule has 0 bridgehead atoms. The monoisotopic (exact) mass is 390 g/mol. The fourth-order valence-corrected chi connectivity index (χ4v) is 4.06. The molecule has 0 saturated heterocycles. The second-order valence-electron chi connectivity index (χ2n) is 6.87. The molecule has 142 valence electrons. The first-order valence-corrected chi connectivity index (χ1v) is 10.2. The van der Waals surface area contributed by atoms with Gasteiger partial charge in [0.05, 0.1) is 22.9 Å². The van der Waals surface area contributed by atoms with Crippen LogP contribution in [0.3, 0.4) is 0 Å². The van der Waals surface area contributed by atoms with Crippen molar-refractivity contribution in [2.45, 2.75) is 26.7 Å². The van der Waals surface area contributed by atoms with E-state index in [1.54, 1.807) is 6.20 Å². The van der Waals surface area contributed by atoms with Crippen molar-refractivity contribution in [2.24, 2.45) is 0 Å². The number of nitrogens with one attached hydrogen (secondary N) is 2. The minimum atomic E-state index is -0.0361. The van der Waals surface area contributed by atoms with Crippen molar-refractivity contribution in [3.8, 4) is 11.1 Å². The van der Waals surface area contributed by atoms with E-state index in [2.05, 4.69) is 63.8 Å². The van der Waals surface area contributed by atoms with Gasteiger partial charge in [0.25, 0.3) is 5.91 Å². The Kier molecular flexibility index (Phi) is 5.21. The van der Waals surface area contributed by atoms with E-state index in [9.17, 15) is 4.79 Å². The minimum absolute atomic E-state index is 0.0361. The van der Waals surface area contributed by atoms with E-state index < -0.39 is 0 Å². The number of hydrogen-bond acceptors (Lipinski definition) is 4. The molecule has 2 aromatic heterocycles. The molecule has 0 fully saturated rings. The molecular formula is C22H22N4OS. The molecular weight excluding hydrogens is 368 g/mol. The number of fused-ring (bicyclic) bond motifs is 1. The van der Waals surface area contributed by atoms with Crippen molar-refractivity contribution in [1.29, 1.82) is 0 Å². The van der Waals surface area contributed by atoms with Crippen molar-refractivity contribution in [2.75, 3.05) is 6.54 Å². The van der Waals surface area contributed by atoms with Crippen LogP contribution in [-0.4, -0.2) is 27.6 Å². The molecule has 0 spiro atoms. The van der Waals surface area contributed by atoms with Crippen LogP contribution in [0.5, 0.6) is 0 Å². The molecule has 0 aliphatic rings. The molecule has 5 nitrogen and oxygen atoms in total. The molecule has 2 heterocycles. The zero-order valence-electron chi connectivity index (χ0n) is 16.0. The lowest BCUT2D eigenvalue weighted by molar-refractivity contribution is 0.0957. The van der Waals surface area contributed by atoms with Gasteiger partial charge in [0.15, 0.2) is 0 Å². The lowest BCUT2D eigenvalue weighted by Gasteiger charge is -2.09. The molecule has 2 N–H and O–H groups in total. The summed E-state index contributed by atoms with van der Waals surface area (Å²) in [7, 11) is 0. The van der Waals surface area contributed by atoms with Crippen molar-refractivity contribution in [3.05, 3.63) is 69.8 Å². The van der Waals surface area contributed by atoms with Gasteiger partial charge in [-0.1, -0.05) is 30.3 Å². The zero-order chi connectivity index (χ0) is 19.5. The average molecular weight is 391 g/mol. The first-order chi connectivity index (χ1) is 13.6. The highest BCUT2D eigenvalue weighted by Crippen LogP contribution is 2.29. The Morgan fingerprint density at radius 1 is 1.11 bits per heavy atom. The van der Waals surface area contributed by atoms with Crippen LogP contribution < -0.4 is 5.32 Å². The Balaban J connectivity index is 1.34. The van der Waals surface area contributed by atoms with Gasteiger partial charge in [-0.15, -0.1) is 11.3 Å². The van der Waals surface area contributed by atoms with Gasteiger partial charge in [0.2, 0.25) is 0 Å². The van der Waals surface area contributed by atoms with Crippen molar-refractivity contribution in [3.63, 3.8) is 0 Å². The molecule has 2 aromatic carbocycles. The number of benzene rings is 2. The maximum atomic E-state index is 12.0. The van der Waals surface area contributed by atoms with Gasteiger partial charge in [-0.05, 0) is 55.0 Å². The summed E-state index contributed by atoms with van der Waals surface area (Å²) < 4.78 is 0. The number of carbonyl (C=O) groups is 1. The number of nitrogens with zero attached hydrogens (tertiary/aromatic N) is 2. The van der Waals surface area contributed by atoms with Crippen LogP contribution in [0.2, 0.25) is 0 Å². The standard InChI is InChI=1S/C22H22N4OS/c1-14-18(9-10-20-19(14)12-25-26-20)17-7-5-16(6-8-17)4-3-11-23-22(27)21-13-24-15(2)28-21/h5-10,12-13H,3-4,11H2,1-2H3,(H,23,27)(H,25,26). The average Bonchev–Trinajstić information content (AvgIpc) is 3.35. The summed E-state index contributed by atoms with van der Waals surface area (Å²) in [5.41, 5.74) is 6.01. The number of thiazole rings is 1. The third-order valence-corrected chi connectivity index (χ3v) is 5.84. The van der Waals surface area contributed by atoms with Gasteiger partial charge in [-0.3, -0.25) is 9.89 Å². The van der Waals surface area contributed by atoms with Gasteiger partial charge in [0, 0.05) is 11.9 Å². The molecule has 4 rings (SSSR count). The Bertz CT molecular complexity index is 1110. The first kappa shape index (κ1) is 18.4. The predicted octanol–water partition coefficient (Wildman–Crippen LogP) is 4.67. The van der Waals surface area contributed by atoms with Crippen LogP contribution in [0.4, 0.5) is 0 Å². The van der Waals surface area contributed by atoms with Crippen LogP contribution in [0.25, 0.3) is 22.0 Å². The fourth-order valence-electron chi connectivity index (χ4n) is 3.37. The summed E-state index contributed by atoms with van der Waals surface area (Å²) in [4.78, 5) is 16.8. The summed E-state index contributed by atoms with van der Waals surface area (Å²) in [5.74, 6) is -0.0361. The van der Waals surface area contributed by atoms with E-state index in [0.717, 1.165) is 28.8 Å². The molecule has 0 aliphatic heterocycles. The Morgan fingerprint density at radius 2 is 1.93 bits per heavy atom. The second-order valence-corrected chi connectivity index (χ2v) is 8.10. The smallest absolute Gasteiger partial charge is 0.263 e. The lowest BCUT2D eigenvalue weighted by Crippen LogP contribution is -2.23. The molecule has 4 aromatic rings. The van der Waals surface area contributed by atoms with E-state index in [1.165, 1.54) is 33.6 Å². The normalized spacial score (nSPS) is 11.1. The summed E-state index contributed by atoms with van der Waals surface area (Å²) in [6.07, 6.45) is 5.35. The van der Waals surface area contributed by atoms with Crippen LogP contribution in [0.1, 0.15) is 32.2 Å². The first-order valence-electron chi connectivity index (χ1n) is 9.34. The van der Waals surface area contributed by atoms with Gasteiger partial charge in [0.1, 0.15) is 4.88 Å². The van der Waals surface area contributed by atoms with Crippen molar-refractivity contribution >= 4 is 28.1 Å². The van der Waals surface area contributed by atoms with Crippen molar-refractivity contribution < 1.29 is 4.79 Å². The number of aromatic nitrogens is 3. The third kappa shape index (κ3) is 3.82. The maximum absolute atomic E-state index is 12.0. The number of hydrogen-bond donors (Lipinski definition) is 2. The maximum Gasteiger partial charge on any atom is 0.263 e. The summed E-state index contributed by atoms with van der Waals surface area (Å²) >= 11 is 1.42. The number of amides is 1. The quantitative estimate of drug-likeness (QED) is 0.470. The summed E-state index contributed by atoms with van der Waals surface area (Å²) in [6, 6.07) is 12.9. The number of aromatic amines is 1. The zero-order valence-corrected chi connectivity index (χ0v) is 16.8. The van der Waals surface area contributed by atoms with Gasteiger partial charge in [-0.2, -0.15) is 5.10 Å². The second kappa shape index (κ2) is 7.94. The SMILES string of the molecule is Cc1ncc(C(=O)NCCCc2ccc(-c3ccc4[nH]ncc4c3C)cc2)s1. The van der Waals surface area contributed by atoms with E-state index in [0.29, 0.717) is 11.4 Å². The number of aryl methyl sites for hydroxylation is 3. The van der Waals surface area contributed by atoms with Crippen LogP contribution in [0.15, 0.2) is 48.8 Å². The van der Waals surface area contributed by atoms with Crippen molar-refractivity contribution in [1.82, 2.24) is 20.5 Å². The molecule has 0 atom stereocenters. The van der Waals surface area contributed by atoms with E-state index >= 15 is 0 Å². The Hall–Kier alpha value is -2.99. The molecule has 1 amide bonds. The molecule has 6 heteroatoms. The number of carbonyl (C=O) groups excluding carboxylic acids is 1. The van der Waals surface area contributed by atoms with Crippen LogP contribution in [0, 0.1) is 13.8 Å². The van der Waals surface area contributed by atoms with Gasteiger partial charge in [-0.25, -0.2) is 4.98 Å². The highest BCUT2D eigenvalue weighted by Gasteiger charge is 2.09. The molecule has 28 heavy (non-hydrogen) atoms. The molecule has 0 aliphatic carbocycles. The van der Waals surface area contributed by atoms with E-state index in [-0.39, 0.29) is 5.91 Å². The third-order valence-electron chi connectivity index (χ3n) is 4.93. The highest BCUT2D eigenvalue weighted by atomic mass is 32.1.